The van der Waals surface area contributed by atoms with Crippen molar-refractivity contribution in [3.63, 3.8) is 0 Å². The van der Waals surface area contributed by atoms with E-state index in [1.54, 1.807) is 0 Å². The smallest absolute Gasteiger partial charge is 0.0975 e. The Bertz CT molecular complexity index is 2740. The minimum Gasteiger partial charge on any atom is -0.246 e. The van der Waals surface area contributed by atoms with Gasteiger partial charge in [-0.3, -0.25) is 0 Å². The Labute approximate surface area is 315 Å². The predicted molar refractivity (Wildman–Crippen MR) is 228 cm³/mol. The minimum absolute atomic E-state index is 0.918. The van der Waals surface area contributed by atoms with Gasteiger partial charge in [-0.05, 0) is 97.5 Å². The Morgan fingerprint density at radius 3 is 1.04 bits per heavy atom. The average molecular weight is 695 g/mol. The molecule has 4 nitrogen and oxygen atoms in total. The zero-order valence-corrected chi connectivity index (χ0v) is 30.8. The molecule has 0 radical (unpaired) electrons. The van der Waals surface area contributed by atoms with Gasteiger partial charge in [-0.2, -0.15) is 0 Å². The van der Waals surface area contributed by atoms with Crippen LogP contribution in [-0.4, -0.2) is 19.9 Å². The van der Waals surface area contributed by atoms with Crippen molar-refractivity contribution >= 4 is 67.9 Å². The normalized spacial score (nSPS) is 11.9. The maximum Gasteiger partial charge on any atom is 0.0975 e. The van der Waals surface area contributed by atoms with Gasteiger partial charge in [-0.25, -0.2) is 19.9 Å². The zero-order chi connectivity index (χ0) is 36.8. The van der Waals surface area contributed by atoms with Crippen LogP contribution in [0.4, 0.5) is 0 Å². The molecule has 0 aliphatic heterocycles. The van der Waals surface area contributed by atoms with E-state index in [4.69, 9.17) is 19.9 Å². The summed E-state index contributed by atoms with van der Waals surface area (Å²) in [5, 5.41) is 4.47. The van der Waals surface area contributed by atoms with Gasteiger partial charge >= 0.3 is 0 Å². The summed E-state index contributed by atoms with van der Waals surface area (Å²) in [4.78, 5) is 20.8. The molecular formula is C50H38N4. The molecule has 0 unspecified atom stereocenters. The summed E-state index contributed by atoms with van der Waals surface area (Å²) in [7, 11) is 0. The standard InChI is InChI=1S/C50H38N4/c1-31-27-39(21-15-35-11-7-5-8-12-35)51-47-41(31)23-25-43-33(3)29-45(53-49(43)47)37-17-19-38(20-18-37)46-30-34(4)44-26-24-42-32(2)28-40(52-48(42)50(44)54-46)22-16-36-13-9-6-10-14-36/h5-30H,1-4H3/b21-15+,22-16+. The SMILES string of the molecule is Cc1cc(/C=C/c2ccccc2)nc2c1ccc1c(C)cc(-c3ccc(-c4cc(C)c5ccc6c(C)cc(/C=C/c7ccccc7)nc6c5n4)cc3)nc12. The van der Waals surface area contributed by atoms with Gasteiger partial charge in [0.15, 0.2) is 0 Å². The Kier molecular flexibility index (Phi) is 8.36. The Balaban J connectivity index is 1.09. The first-order valence-electron chi connectivity index (χ1n) is 18.4. The van der Waals surface area contributed by atoms with Crippen LogP contribution < -0.4 is 0 Å². The molecule has 5 aromatic carbocycles. The number of hydrogen-bond acceptors (Lipinski definition) is 4. The van der Waals surface area contributed by atoms with E-state index in [0.29, 0.717) is 0 Å². The minimum atomic E-state index is 0.918. The van der Waals surface area contributed by atoms with Gasteiger partial charge < -0.3 is 0 Å². The number of aromatic nitrogens is 4. The first-order valence-corrected chi connectivity index (χ1v) is 18.4. The molecule has 0 saturated carbocycles. The number of nitrogens with zero attached hydrogens (tertiary/aromatic N) is 4. The van der Waals surface area contributed by atoms with Crippen molar-refractivity contribution in [1.29, 1.82) is 0 Å². The molecule has 0 saturated heterocycles. The Morgan fingerprint density at radius 2 is 0.667 bits per heavy atom. The second-order valence-electron chi connectivity index (χ2n) is 14.2. The topological polar surface area (TPSA) is 51.6 Å². The fourth-order valence-electron chi connectivity index (χ4n) is 7.45. The molecule has 0 atom stereocenters. The second kappa shape index (κ2) is 13.6. The third kappa shape index (κ3) is 6.22. The maximum atomic E-state index is 5.26. The van der Waals surface area contributed by atoms with Gasteiger partial charge in [0.05, 0.1) is 44.8 Å². The van der Waals surface area contributed by atoms with Gasteiger partial charge in [0.25, 0.3) is 0 Å². The predicted octanol–water partition coefficient (Wildman–Crippen LogP) is 12.8. The van der Waals surface area contributed by atoms with Gasteiger partial charge in [-0.1, -0.05) is 121 Å². The molecule has 9 aromatic rings. The molecule has 0 amide bonds. The number of hydrogen-bond donors (Lipinski definition) is 0. The lowest BCUT2D eigenvalue weighted by Crippen LogP contribution is -1.95. The largest absolute Gasteiger partial charge is 0.246 e. The van der Waals surface area contributed by atoms with Crippen molar-refractivity contribution in [2.45, 2.75) is 27.7 Å². The first kappa shape index (κ1) is 33.1. The highest BCUT2D eigenvalue weighted by atomic mass is 14.8. The summed E-state index contributed by atoms with van der Waals surface area (Å²) in [6, 6.07) is 46.6. The molecule has 0 bridgehead atoms. The molecule has 4 heterocycles. The maximum absolute atomic E-state index is 5.26. The lowest BCUT2D eigenvalue weighted by molar-refractivity contribution is 1.31. The van der Waals surface area contributed by atoms with E-state index in [2.05, 4.69) is 149 Å². The van der Waals surface area contributed by atoms with Crippen molar-refractivity contribution in [2.75, 3.05) is 0 Å². The third-order valence-electron chi connectivity index (χ3n) is 10.4. The zero-order valence-electron chi connectivity index (χ0n) is 30.8. The average Bonchev–Trinajstić information content (AvgIpc) is 3.20. The molecule has 54 heavy (non-hydrogen) atoms. The monoisotopic (exact) mass is 694 g/mol. The summed E-state index contributed by atoms with van der Waals surface area (Å²) in [5.41, 5.74) is 16.5. The summed E-state index contributed by atoms with van der Waals surface area (Å²) in [5.74, 6) is 0. The number of benzene rings is 5. The number of fused-ring (bicyclic) bond motifs is 6. The molecule has 0 spiro atoms. The molecule has 0 aliphatic rings. The molecule has 0 N–H and O–H groups in total. The molecule has 4 aromatic heterocycles. The van der Waals surface area contributed by atoms with Crippen molar-refractivity contribution in [2.24, 2.45) is 0 Å². The number of pyridine rings is 4. The van der Waals surface area contributed by atoms with E-state index in [1.807, 2.05) is 36.4 Å². The van der Waals surface area contributed by atoms with Crippen molar-refractivity contribution in [1.82, 2.24) is 19.9 Å². The summed E-state index contributed by atoms with van der Waals surface area (Å²) < 4.78 is 0. The van der Waals surface area contributed by atoms with Gasteiger partial charge in [0.1, 0.15) is 0 Å². The molecule has 9 rings (SSSR count). The first-order chi connectivity index (χ1) is 26.4. The van der Waals surface area contributed by atoms with Gasteiger partial charge in [-0.15, -0.1) is 0 Å². The van der Waals surface area contributed by atoms with E-state index >= 15 is 0 Å². The molecule has 4 heteroatoms. The quantitative estimate of drug-likeness (QED) is 0.163. The van der Waals surface area contributed by atoms with Crippen LogP contribution in [0.5, 0.6) is 0 Å². The fraction of sp³-hybridized carbons (Fsp3) is 0.0800. The van der Waals surface area contributed by atoms with Crippen LogP contribution in [0.15, 0.2) is 133 Å². The lowest BCUT2D eigenvalue weighted by Gasteiger charge is -2.12. The third-order valence-corrected chi connectivity index (χ3v) is 10.4. The van der Waals surface area contributed by atoms with Crippen molar-refractivity contribution in [3.05, 3.63) is 178 Å². The van der Waals surface area contributed by atoms with E-state index in [9.17, 15) is 0 Å². The second-order valence-corrected chi connectivity index (χ2v) is 14.2. The molecule has 0 aliphatic carbocycles. The van der Waals surface area contributed by atoms with Crippen LogP contribution in [0.1, 0.15) is 44.8 Å². The van der Waals surface area contributed by atoms with Crippen LogP contribution in [0.25, 0.3) is 90.4 Å². The summed E-state index contributed by atoms with van der Waals surface area (Å²) in [6.07, 6.45) is 8.39. The van der Waals surface area contributed by atoms with Crippen LogP contribution >= 0.6 is 0 Å². The number of rotatable bonds is 6. The van der Waals surface area contributed by atoms with Crippen molar-refractivity contribution in [3.8, 4) is 22.5 Å². The Hall–Kier alpha value is -6.78. The molecule has 258 valence electrons. The number of aryl methyl sites for hydroxylation is 4. The summed E-state index contributed by atoms with van der Waals surface area (Å²) in [6.45, 7) is 8.61. The van der Waals surface area contributed by atoms with E-state index in [-0.39, 0.29) is 0 Å². The van der Waals surface area contributed by atoms with Crippen LogP contribution in [0.3, 0.4) is 0 Å². The fourth-order valence-corrected chi connectivity index (χ4v) is 7.45. The lowest BCUT2D eigenvalue weighted by atomic mass is 9.99. The van der Waals surface area contributed by atoms with E-state index in [0.717, 1.165) is 88.6 Å². The van der Waals surface area contributed by atoms with Crippen LogP contribution in [0.2, 0.25) is 0 Å². The van der Waals surface area contributed by atoms with Crippen molar-refractivity contribution < 1.29 is 0 Å². The van der Waals surface area contributed by atoms with E-state index < -0.39 is 0 Å². The highest BCUT2D eigenvalue weighted by Crippen LogP contribution is 2.34. The van der Waals surface area contributed by atoms with E-state index in [1.165, 1.54) is 22.3 Å². The molecule has 0 fully saturated rings. The van der Waals surface area contributed by atoms with Gasteiger partial charge in [0.2, 0.25) is 0 Å². The molecular weight excluding hydrogens is 657 g/mol. The highest BCUT2D eigenvalue weighted by molar-refractivity contribution is 6.07. The van der Waals surface area contributed by atoms with Gasteiger partial charge in [0, 0.05) is 32.7 Å². The van der Waals surface area contributed by atoms with Crippen LogP contribution in [-0.2, 0) is 0 Å². The highest BCUT2D eigenvalue weighted by Gasteiger charge is 2.14. The Morgan fingerprint density at radius 1 is 0.333 bits per heavy atom. The van der Waals surface area contributed by atoms with Crippen LogP contribution in [0, 0.1) is 27.7 Å². The summed E-state index contributed by atoms with van der Waals surface area (Å²) >= 11 is 0.